The van der Waals surface area contributed by atoms with Crippen LogP contribution in [0.5, 0.6) is 11.5 Å². The van der Waals surface area contributed by atoms with Gasteiger partial charge in [-0.25, -0.2) is 18.6 Å². The van der Waals surface area contributed by atoms with E-state index in [0.29, 0.717) is 12.3 Å². The fraction of sp³-hybridized carbons (Fsp3) is 0.333. The molecule has 12 heteroatoms. The molecular formula is C18H14BrF5N2O4. The molecule has 1 unspecified atom stereocenters. The van der Waals surface area contributed by atoms with E-state index in [2.05, 4.69) is 25.7 Å². The largest absolute Gasteiger partial charge is 0.490 e. The van der Waals surface area contributed by atoms with Crippen LogP contribution in [-0.4, -0.2) is 31.7 Å². The van der Waals surface area contributed by atoms with Crippen molar-refractivity contribution >= 4 is 27.8 Å². The molecule has 1 aliphatic rings. The van der Waals surface area contributed by atoms with E-state index < -0.39 is 48.1 Å². The number of carbonyl (C=O) groups excluding carboxylic acids is 1. The first-order valence-corrected chi connectivity index (χ1v) is 9.22. The van der Waals surface area contributed by atoms with Gasteiger partial charge in [-0.2, -0.15) is 13.2 Å². The van der Waals surface area contributed by atoms with Gasteiger partial charge in [-0.15, -0.1) is 0 Å². The van der Waals surface area contributed by atoms with Crippen LogP contribution in [0.15, 0.2) is 28.9 Å². The Labute approximate surface area is 175 Å². The lowest BCUT2D eigenvalue weighted by atomic mass is 9.98. The highest BCUT2D eigenvalue weighted by Crippen LogP contribution is 2.44. The number of alkyl halides is 4. The van der Waals surface area contributed by atoms with E-state index in [-0.39, 0.29) is 28.8 Å². The van der Waals surface area contributed by atoms with E-state index in [0.717, 1.165) is 12.0 Å². The summed E-state index contributed by atoms with van der Waals surface area (Å²) in [5.41, 5.74) is -0.956. The van der Waals surface area contributed by atoms with Gasteiger partial charge in [-0.3, -0.25) is 4.90 Å². The van der Waals surface area contributed by atoms with Gasteiger partial charge in [-0.1, -0.05) is 6.07 Å². The first-order chi connectivity index (χ1) is 14.2. The Bertz CT molecular complexity index is 957. The van der Waals surface area contributed by atoms with Crippen LogP contribution < -0.4 is 14.4 Å². The molecule has 0 saturated heterocycles. The second kappa shape index (κ2) is 8.62. The van der Waals surface area contributed by atoms with Crippen LogP contribution in [0.2, 0.25) is 0 Å². The number of rotatable bonds is 4. The lowest BCUT2D eigenvalue weighted by Crippen LogP contribution is -2.38. The number of aromatic nitrogens is 1. The van der Waals surface area contributed by atoms with E-state index >= 15 is 0 Å². The normalized spacial score (nSPS) is 15.8. The van der Waals surface area contributed by atoms with Crippen LogP contribution >= 0.6 is 15.9 Å². The zero-order valence-corrected chi connectivity index (χ0v) is 16.9. The number of hydrogen-bond donors (Lipinski definition) is 0. The molecule has 1 atom stereocenters. The number of fused-ring (bicyclic) bond motifs is 1. The summed E-state index contributed by atoms with van der Waals surface area (Å²) in [5.74, 6) is -1.87. The molecule has 0 bridgehead atoms. The average Bonchev–Trinajstić information content (AvgIpc) is 2.71. The number of pyridine rings is 1. The highest BCUT2D eigenvalue weighted by atomic mass is 79.9. The van der Waals surface area contributed by atoms with Crippen molar-refractivity contribution in [1.29, 1.82) is 0 Å². The predicted molar refractivity (Wildman–Crippen MR) is 97.7 cm³/mol. The summed E-state index contributed by atoms with van der Waals surface area (Å²) < 4.78 is 81.4. The molecule has 1 aromatic heterocycles. The molecule has 0 fully saturated rings. The second-order valence-electron chi connectivity index (χ2n) is 6.07. The number of benzene rings is 1. The number of carbonyl (C=O) groups is 1. The molecule has 30 heavy (non-hydrogen) atoms. The molecule has 0 aliphatic carbocycles. The third-order valence-corrected chi connectivity index (χ3v) is 4.97. The molecule has 0 radical (unpaired) electrons. The van der Waals surface area contributed by atoms with Crippen molar-refractivity contribution in [1.82, 2.24) is 4.98 Å². The van der Waals surface area contributed by atoms with Gasteiger partial charge in [0.2, 0.25) is 6.86 Å². The van der Waals surface area contributed by atoms with Gasteiger partial charge in [0, 0.05) is 18.2 Å². The maximum Gasteiger partial charge on any atom is 0.418 e. The molecule has 162 valence electrons. The minimum Gasteiger partial charge on any atom is -0.490 e. The molecular weight excluding hydrogens is 483 g/mol. The smallest absolute Gasteiger partial charge is 0.418 e. The highest BCUT2D eigenvalue weighted by molar-refractivity contribution is 9.10. The minimum atomic E-state index is -4.77. The molecule has 2 aromatic rings. The highest BCUT2D eigenvalue weighted by Gasteiger charge is 2.38. The summed E-state index contributed by atoms with van der Waals surface area (Å²) in [4.78, 5) is 17.1. The molecule has 0 saturated carbocycles. The molecule has 1 aliphatic heterocycles. The topological polar surface area (TPSA) is 60.9 Å². The maximum atomic E-state index is 14.5. The van der Waals surface area contributed by atoms with Crippen LogP contribution in [-0.2, 0) is 10.9 Å². The van der Waals surface area contributed by atoms with Crippen LogP contribution in [0.1, 0.15) is 23.6 Å². The first-order valence-electron chi connectivity index (χ1n) is 8.43. The van der Waals surface area contributed by atoms with Crippen LogP contribution in [0.4, 0.5) is 32.6 Å². The number of anilines is 1. The molecule has 0 spiro atoms. The SMILES string of the molecule is COC(=O)N(c1ncc(C(F)(F)F)cc1OCF)C1CCOc2c1ccc(Br)c2F. The second-order valence-corrected chi connectivity index (χ2v) is 6.92. The third kappa shape index (κ3) is 4.13. The van der Waals surface area contributed by atoms with Crippen molar-refractivity contribution in [2.45, 2.75) is 18.6 Å². The van der Waals surface area contributed by atoms with Crippen LogP contribution in [0.3, 0.4) is 0 Å². The summed E-state index contributed by atoms with van der Waals surface area (Å²) >= 11 is 3.04. The van der Waals surface area contributed by atoms with Gasteiger partial charge < -0.3 is 14.2 Å². The van der Waals surface area contributed by atoms with Gasteiger partial charge >= 0.3 is 12.3 Å². The third-order valence-electron chi connectivity index (χ3n) is 4.36. The summed E-state index contributed by atoms with van der Waals surface area (Å²) in [6.45, 7) is -1.46. The van der Waals surface area contributed by atoms with Crippen LogP contribution in [0.25, 0.3) is 0 Å². The van der Waals surface area contributed by atoms with E-state index in [1.807, 2.05) is 0 Å². The zero-order chi connectivity index (χ0) is 22.1. The first kappa shape index (κ1) is 22.1. The van der Waals surface area contributed by atoms with Gasteiger partial charge in [0.1, 0.15) is 0 Å². The lowest BCUT2D eigenvalue weighted by molar-refractivity contribution is -0.138. The zero-order valence-electron chi connectivity index (χ0n) is 15.3. The fourth-order valence-electron chi connectivity index (χ4n) is 3.05. The Morgan fingerprint density at radius 3 is 2.77 bits per heavy atom. The Morgan fingerprint density at radius 2 is 2.13 bits per heavy atom. The summed E-state index contributed by atoms with van der Waals surface area (Å²) in [5, 5.41) is 0. The van der Waals surface area contributed by atoms with E-state index in [1.54, 1.807) is 0 Å². The van der Waals surface area contributed by atoms with Crippen molar-refractivity contribution < 1.29 is 41.0 Å². The quantitative estimate of drug-likeness (QED) is 0.530. The molecule has 1 amide bonds. The number of amides is 1. The minimum absolute atomic E-state index is 0.00152. The Morgan fingerprint density at radius 1 is 1.40 bits per heavy atom. The molecule has 0 N–H and O–H groups in total. The summed E-state index contributed by atoms with van der Waals surface area (Å²) in [7, 11) is 1.05. The maximum absolute atomic E-state index is 14.5. The summed E-state index contributed by atoms with van der Waals surface area (Å²) in [6, 6.07) is 2.49. The van der Waals surface area contributed by atoms with Gasteiger partial charge in [0.05, 0.1) is 29.8 Å². The molecule has 2 heterocycles. The Kier molecular flexibility index (Phi) is 6.34. The number of ether oxygens (including phenoxy) is 3. The van der Waals surface area contributed by atoms with Gasteiger partial charge in [0.25, 0.3) is 0 Å². The van der Waals surface area contributed by atoms with Gasteiger partial charge in [-0.05, 0) is 28.1 Å². The van der Waals surface area contributed by atoms with Crippen molar-refractivity contribution in [2.75, 3.05) is 25.5 Å². The fourth-order valence-corrected chi connectivity index (χ4v) is 3.36. The van der Waals surface area contributed by atoms with Crippen molar-refractivity contribution in [3.05, 3.63) is 45.8 Å². The average molecular weight is 497 g/mol. The van der Waals surface area contributed by atoms with E-state index in [1.165, 1.54) is 12.1 Å². The number of hydrogen-bond acceptors (Lipinski definition) is 5. The Balaban J connectivity index is 2.16. The van der Waals surface area contributed by atoms with E-state index in [9.17, 15) is 26.7 Å². The van der Waals surface area contributed by atoms with Gasteiger partial charge in [0.15, 0.2) is 23.1 Å². The predicted octanol–water partition coefficient (Wildman–Crippen LogP) is 5.40. The Hall–Kier alpha value is -2.63. The molecule has 6 nitrogen and oxygen atoms in total. The lowest BCUT2D eigenvalue weighted by Gasteiger charge is -2.34. The monoisotopic (exact) mass is 496 g/mol. The van der Waals surface area contributed by atoms with Crippen LogP contribution in [0, 0.1) is 5.82 Å². The molecule has 1 aromatic carbocycles. The number of halogens is 6. The summed E-state index contributed by atoms with van der Waals surface area (Å²) in [6.07, 6.45) is -5.15. The van der Waals surface area contributed by atoms with E-state index in [4.69, 9.17) is 9.47 Å². The van der Waals surface area contributed by atoms with Crippen molar-refractivity contribution in [3.8, 4) is 11.5 Å². The number of nitrogens with zero attached hydrogens (tertiary/aromatic N) is 2. The standard InChI is InChI=1S/C18H14BrF5N2O4/c1-28-17(27)26(12-4-5-29-15-10(12)2-3-11(19)14(15)21)16-13(30-8-20)6-9(7-25-16)18(22,23)24/h2-3,6-7,12H,4-5,8H2,1H3. The number of methoxy groups -OCH3 is 1. The molecule has 3 rings (SSSR count). The van der Waals surface area contributed by atoms with Crippen molar-refractivity contribution in [3.63, 3.8) is 0 Å². The van der Waals surface area contributed by atoms with Crippen molar-refractivity contribution in [2.24, 2.45) is 0 Å².